The Labute approximate surface area is 105 Å². The Bertz CT molecular complexity index is 469. The minimum Gasteiger partial charge on any atom is -0.408 e. The van der Waals surface area contributed by atoms with Gasteiger partial charge in [0.1, 0.15) is 0 Å². The molecule has 0 spiro atoms. The maximum atomic E-state index is 11.0. The molecule has 1 aromatic rings. The Balaban J connectivity index is 2.22. The molecule has 18 heavy (non-hydrogen) atoms. The van der Waals surface area contributed by atoms with E-state index in [4.69, 9.17) is 16.7 Å². The SMILES string of the molecule is NC(=O)c1ccc(C2CCCN2/C(N)=N/O)cc1. The van der Waals surface area contributed by atoms with Crippen LogP contribution in [0.3, 0.4) is 0 Å². The largest absolute Gasteiger partial charge is 0.408 e. The molecule has 1 aromatic carbocycles. The summed E-state index contributed by atoms with van der Waals surface area (Å²) >= 11 is 0. The zero-order valence-electron chi connectivity index (χ0n) is 9.91. The third kappa shape index (κ3) is 2.22. The highest BCUT2D eigenvalue weighted by atomic mass is 16.4. The van der Waals surface area contributed by atoms with Gasteiger partial charge in [0.25, 0.3) is 0 Å². The van der Waals surface area contributed by atoms with Gasteiger partial charge in [-0.2, -0.15) is 0 Å². The molecule has 6 nitrogen and oxygen atoms in total. The molecule has 96 valence electrons. The molecule has 0 radical (unpaired) electrons. The first kappa shape index (κ1) is 12.2. The van der Waals surface area contributed by atoms with Gasteiger partial charge in [-0.05, 0) is 30.5 Å². The summed E-state index contributed by atoms with van der Waals surface area (Å²) in [6.07, 6.45) is 1.92. The monoisotopic (exact) mass is 248 g/mol. The van der Waals surface area contributed by atoms with Crippen LogP contribution >= 0.6 is 0 Å². The molecule has 0 saturated carbocycles. The lowest BCUT2D eigenvalue weighted by Gasteiger charge is -2.25. The highest BCUT2D eigenvalue weighted by Gasteiger charge is 2.27. The highest BCUT2D eigenvalue weighted by molar-refractivity contribution is 5.92. The van der Waals surface area contributed by atoms with Crippen LogP contribution in [0.1, 0.15) is 34.8 Å². The number of primary amides is 1. The minimum absolute atomic E-state index is 0.0860. The highest BCUT2D eigenvalue weighted by Crippen LogP contribution is 2.31. The van der Waals surface area contributed by atoms with Crippen LogP contribution in [0.4, 0.5) is 0 Å². The van der Waals surface area contributed by atoms with Crippen LogP contribution < -0.4 is 11.5 Å². The van der Waals surface area contributed by atoms with Gasteiger partial charge in [0.2, 0.25) is 11.9 Å². The summed E-state index contributed by atoms with van der Waals surface area (Å²) in [7, 11) is 0. The number of nitrogens with two attached hydrogens (primary N) is 2. The third-order valence-corrected chi connectivity index (χ3v) is 3.23. The number of carbonyl (C=O) groups is 1. The van der Waals surface area contributed by atoms with E-state index in [0.717, 1.165) is 24.9 Å². The van der Waals surface area contributed by atoms with E-state index in [-0.39, 0.29) is 12.0 Å². The van der Waals surface area contributed by atoms with E-state index in [1.807, 2.05) is 17.0 Å². The summed E-state index contributed by atoms with van der Waals surface area (Å²) in [5.41, 5.74) is 12.3. The fraction of sp³-hybridized carbons (Fsp3) is 0.333. The molecule has 1 aliphatic heterocycles. The molecule has 2 rings (SSSR count). The Morgan fingerprint density at radius 3 is 2.56 bits per heavy atom. The van der Waals surface area contributed by atoms with Crippen molar-refractivity contribution in [3.63, 3.8) is 0 Å². The van der Waals surface area contributed by atoms with Crippen LogP contribution in [0.25, 0.3) is 0 Å². The summed E-state index contributed by atoms with van der Waals surface area (Å²) in [5, 5.41) is 11.8. The molecule has 0 aromatic heterocycles. The average Bonchev–Trinajstić information content (AvgIpc) is 2.87. The van der Waals surface area contributed by atoms with E-state index in [1.165, 1.54) is 0 Å². The standard InChI is InChI=1S/C12H16N4O2/c13-11(17)9-5-3-8(4-6-9)10-2-1-7-16(10)12(14)15-18/h3-6,10,18H,1-2,7H2,(H2,13,17)(H2,14,15). The molecule has 1 unspecified atom stereocenters. The first-order valence-corrected chi connectivity index (χ1v) is 5.77. The van der Waals surface area contributed by atoms with Crippen molar-refractivity contribution in [2.75, 3.05) is 6.54 Å². The van der Waals surface area contributed by atoms with E-state index in [2.05, 4.69) is 5.16 Å². The Morgan fingerprint density at radius 1 is 1.33 bits per heavy atom. The lowest BCUT2D eigenvalue weighted by molar-refractivity contribution is 0.100. The smallest absolute Gasteiger partial charge is 0.248 e. The summed E-state index contributed by atoms with van der Waals surface area (Å²) in [4.78, 5) is 12.8. The fourth-order valence-corrected chi connectivity index (χ4v) is 2.31. The van der Waals surface area contributed by atoms with Crippen molar-refractivity contribution >= 4 is 11.9 Å². The molecule has 1 atom stereocenters. The number of likely N-dealkylation sites (tertiary alicyclic amines) is 1. The van der Waals surface area contributed by atoms with Crippen LogP contribution in [0.2, 0.25) is 0 Å². The summed E-state index contributed by atoms with van der Waals surface area (Å²) in [6, 6.07) is 7.19. The van der Waals surface area contributed by atoms with Crippen LogP contribution in [-0.4, -0.2) is 28.5 Å². The normalized spacial score (nSPS) is 20.1. The van der Waals surface area contributed by atoms with Crippen molar-refractivity contribution in [3.05, 3.63) is 35.4 Å². The number of benzene rings is 1. The van der Waals surface area contributed by atoms with Crippen molar-refractivity contribution in [1.29, 1.82) is 0 Å². The van der Waals surface area contributed by atoms with Gasteiger partial charge in [-0.15, -0.1) is 0 Å². The van der Waals surface area contributed by atoms with Crippen molar-refractivity contribution < 1.29 is 10.0 Å². The Kier molecular flexibility index (Phi) is 3.36. The number of hydrogen-bond donors (Lipinski definition) is 3. The second-order valence-corrected chi connectivity index (χ2v) is 4.30. The second kappa shape index (κ2) is 4.95. The topological polar surface area (TPSA) is 105 Å². The predicted molar refractivity (Wildman–Crippen MR) is 67.0 cm³/mol. The molecule has 1 aliphatic rings. The second-order valence-electron chi connectivity index (χ2n) is 4.30. The Morgan fingerprint density at radius 2 is 2.00 bits per heavy atom. The van der Waals surface area contributed by atoms with Gasteiger partial charge in [-0.1, -0.05) is 17.3 Å². The van der Waals surface area contributed by atoms with Gasteiger partial charge in [0.15, 0.2) is 0 Å². The van der Waals surface area contributed by atoms with Gasteiger partial charge in [0, 0.05) is 12.1 Å². The number of rotatable bonds is 2. The molecule has 0 bridgehead atoms. The summed E-state index contributed by atoms with van der Waals surface area (Å²) in [6.45, 7) is 0.762. The van der Waals surface area contributed by atoms with E-state index >= 15 is 0 Å². The van der Waals surface area contributed by atoms with E-state index in [9.17, 15) is 4.79 Å². The van der Waals surface area contributed by atoms with Crippen LogP contribution in [0.15, 0.2) is 29.4 Å². The first-order chi connectivity index (χ1) is 8.63. The van der Waals surface area contributed by atoms with Crippen LogP contribution in [-0.2, 0) is 0 Å². The molecule has 6 heteroatoms. The molecule has 1 fully saturated rings. The number of amides is 1. The molecule has 0 aliphatic carbocycles. The van der Waals surface area contributed by atoms with Gasteiger partial charge < -0.3 is 21.6 Å². The Hall–Kier alpha value is -2.24. The molecule has 1 saturated heterocycles. The number of hydrogen-bond acceptors (Lipinski definition) is 3. The van der Waals surface area contributed by atoms with Gasteiger partial charge in [0.05, 0.1) is 6.04 Å². The molecule has 5 N–H and O–H groups in total. The van der Waals surface area contributed by atoms with Crippen molar-refractivity contribution in [1.82, 2.24) is 4.90 Å². The number of oxime groups is 1. The van der Waals surface area contributed by atoms with E-state index in [0.29, 0.717) is 5.56 Å². The van der Waals surface area contributed by atoms with Crippen LogP contribution in [0.5, 0.6) is 0 Å². The van der Waals surface area contributed by atoms with Gasteiger partial charge in [-0.3, -0.25) is 4.79 Å². The zero-order chi connectivity index (χ0) is 13.1. The predicted octanol–water partition coefficient (Wildman–Crippen LogP) is 0.626. The fourth-order valence-electron chi connectivity index (χ4n) is 2.31. The summed E-state index contributed by atoms with van der Waals surface area (Å²) < 4.78 is 0. The molecular formula is C12H16N4O2. The lowest BCUT2D eigenvalue weighted by atomic mass is 10.0. The summed E-state index contributed by atoms with van der Waals surface area (Å²) in [5.74, 6) is -0.322. The van der Waals surface area contributed by atoms with Gasteiger partial charge >= 0.3 is 0 Å². The van der Waals surface area contributed by atoms with Crippen molar-refractivity contribution in [2.45, 2.75) is 18.9 Å². The quantitative estimate of drug-likeness (QED) is 0.309. The number of nitrogens with zero attached hydrogens (tertiary/aromatic N) is 2. The maximum absolute atomic E-state index is 11.0. The minimum atomic E-state index is -0.443. The molecule has 1 amide bonds. The third-order valence-electron chi connectivity index (χ3n) is 3.23. The van der Waals surface area contributed by atoms with Crippen molar-refractivity contribution in [3.8, 4) is 0 Å². The molecular weight excluding hydrogens is 232 g/mol. The lowest BCUT2D eigenvalue weighted by Crippen LogP contribution is -2.36. The van der Waals surface area contributed by atoms with Gasteiger partial charge in [-0.25, -0.2) is 0 Å². The van der Waals surface area contributed by atoms with E-state index in [1.54, 1.807) is 12.1 Å². The molecule has 1 heterocycles. The average molecular weight is 248 g/mol. The van der Waals surface area contributed by atoms with E-state index < -0.39 is 5.91 Å². The van der Waals surface area contributed by atoms with Crippen molar-refractivity contribution in [2.24, 2.45) is 16.6 Å². The number of guanidine groups is 1. The van der Waals surface area contributed by atoms with Crippen LogP contribution in [0, 0.1) is 0 Å². The first-order valence-electron chi connectivity index (χ1n) is 5.77. The maximum Gasteiger partial charge on any atom is 0.248 e. The number of carbonyl (C=O) groups excluding carboxylic acids is 1. The zero-order valence-corrected chi connectivity index (χ0v) is 9.91.